The minimum atomic E-state index is 0.0893. The van der Waals surface area contributed by atoms with Crippen LogP contribution in [0.15, 0.2) is 18.2 Å². The van der Waals surface area contributed by atoms with Gasteiger partial charge in [-0.05, 0) is 37.1 Å². The SMILES string of the molecule is CC(=O)c1cc2[nH]c3ccc4c(c3c2s1)CCC4=O. The van der Waals surface area contributed by atoms with Crippen molar-refractivity contribution in [1.29, 1.82) is 0 Å². The number of hydrogen-bond donors (Lipinski definition) is 1. The van der Waals surface area contributed by atoms with Gasteiger partial charge in [-0.2, -0.15) is 0 Å². The van der Waals surface area contributed by atoms with Gasteiger partial charge in [-0.1, -0.05) is 0 Å². The lowest BCUT2D eigenvalue weighted by Gasteiger charge is -1.99. The lowest BCUT2D eigenvalue weighted by molar-refractivity contribution is 0.0992. The van der Waals surface area contributed by atoms with E-state index in [1.165, 1.54) is 11.3 Å². The van der Waals surface area contributed by atoms with Gasteiger partial charge in [-0.25, -0.2) is 0 Å². The van der Waals surface area contributed by atoms with E-state index in [4.69, 9.17) is 0 Å². The molecule has 0 atom stereocenters. The van der Waals surface area contributed by atoms with Crippen LogP contribution >= 0.6 is 11.3 Å². The summed E-state index contributed by atoms with van der Waals surface area (Å²) in [7, 11) is 0. The smallest absolute Gasteiger partial charge is 0.169 e. The number of nitrogens with one attached hydrogen (secondary N) is 1. The van der Waals surface area contributed by atoms with Crippen molar-refractivity contribution in [3.8, 4) is 0 Å². The molecule has 0 saturated heterocycles. The molecule has 3 aromatic rings. The van der Waals surface area contributed by atoms with Gasteiger partial charge in [-0.15, -0.1) is 11.3 Å². The van der Waals surface area contributed by atoms with Crippen molar-refractivity contribution >= 4 is 44.0 Å². The molecule has 19 heavy (non-hydrogen) atoms. The molecule has 0 radical (unpaired) electrons. The Morgan fingerprint density at radius 3 is 2.89 bits per heavy atom. The van der Waals surface area contributed by atoms with Gasteiger partial charge >= 0.3 is 0 Å². The summed E-state index contributed by atoms with van der Waals surface area (Å²) in [6.45, 7) is 1.58. The fraction of sp³-hybridized carbons (Fsp3) is 0.200. The van der Waals surface area contributed by atoms with Crippen LogP contribution in [0.25, 0.3) is 21.1 Å². The molecule has 4 heteroatoms. The molecule has 2 aromatic heterocycles. The van der Waals surface area contributed by atoms with E-state index in [9.17, 15) is 9.59 Å². The van der Waals surface area contributed by atoms with Gasteiger partial charge < -0.3 is 4.98 Å². The van der Waals surface area contributed by atoms with Crippen LogP contribution in [-0.4, -0.2) is 16.6 Å². The molecule has 1 aliphatic rings. The molecule has 1 N–H and O–H groups in total. The predicted octanol–water partition coefficient (Wildman–Crippen LogP) is 3.71. The highest BCUT2D eigenvalue weighted by Gasteiger charge is 2.24. The van der Waals surface area contributed by atoms with E-state index in [0.717, 1.165) is 43.5 Å². The minimum absolute atomic E-state index is 0.0893. The second kappa shape index (κ2) is 3.54. The lowest BCUT2D eigenvalue weighted by atomic mass is 10.1. The summed E-state index contributed by atoms with van der Waals surface area (Å²) in [6.07, 6.45) is 1.41. The van der Waals surface area contributed by atoms with Gasteiger partial charge in [0.1, 0.15) is 0 Å². The summed E-state index contributed by atoms with van der Waals surface area (Å²) in [5, 5.41) is 1.14. The largest absolute Gasteiger partial charge is 0.354 e. The predicted molar refractivity (Wildman–Crippen MR) is 76.3 cm³/mol. The van der Waals surface area contributed by atoms with Crippen LogP contribution in [0.5, 0.6) is 0 Å². The fourth-order valence-corrected chi connectivity index (χ4v) is 3.99. The van der Waals surface area contributed by atoms with Gasteiger partial charge in [0, 0.05) is 22.9 Å². The maximum Gasteiger partial charge on any atom is 0.169 e. The molecule has 1 aliphatic carbocycles. The third kappa shape index (κ3) is 1.37. The molecule has 0 unspecified atom stereocenters. The summed E-state index contributed by atoms with van der Waals surface area (Å²) < 4.78 is 1.10. The van der Waals surface area contributed by atoms with E-state index in [1.54, 1.807) is 6.92 Å². The molecule has 1 aromatic carbocycles. The first-order valence-corrected chi connectivity index (χ1v) is 7.08. The van der Waals surface area contributed by atoms with Crippen molar-refractivity contribution in [3.05, 3.63) is 34.2 Å². The van der Waals surface area contributed by atoms with Crippen molar-refractivity contribution in [2.24, 2.45) is 0 Å². The molecule has 94 valence electrons. The van der Waals surface area contributed by atoms with Crippen LogP contribution in [0, 0.1) is 0 Å². The Kier molecular flexibility index (Phi) is 2.04. The molecule has 0 aliphatic heterocycles. The van der Waals surface area contributed by atoms with E-state index < -0.39 is 0 Å². The topological polar surface area (TPSA) is 49.9 Å². The van der Waals surface area contributed by atoms with Crippen LogP contribution in [0.1, 0.15) is 38.9 Å². The number of H-pyrrole nitrogens is 1. The molecule has 0 spiro atoms. The number of aromatic amines is 1. The minimum Gasteiger partial charge on any atom is -0.354 e. The average Bonchev–Trinajstić information content (AvgIpc) is 3.00. The highest BCUT2D eigenvalue weighted by molar-refractivity contribution is 7.21. The van der Waals surface area contributed by atoms with Crippen LogP contribution in [-0.2, 0) is 6.42 Å². The molecular formula is C15H11NO2S. The second-order valence-electron chi connectivity index (χ2n) is 4.97. The van der Waals surface area contributed by atoms with Crippen LogP contribution in [0.4, 0.5) is 0 Å². The number of ketones is 2. The number of rotatable bonds is 1. The first-order valence-electron chi connectivity index (χ1n) is 6.26. The summed E-state index contributed by atoms with van der Waals surface area (Å²) >= 11 is 1.52. The van der Waals surface area contributed by atoms with E-state index in [2.05, 4.69) is 4.98 Å². The normalized spacial score (nSPS) is 14.5. The van der Waals surface area contributed by atoms with Crippen LogP contribution in [0.3, 0.4) is 0 Å². The maximum absolute atomic E-state index is 11.8. The van der Waals surface area contributed by atoms with E-state index in [-0.39, 0.29) is 11.6 Å². The van der Waals surface area contributed by atoms with Crippen molar-refractivity contribution in [1.82, 2.24) is 4.98 Å². The Hall–Kier alpha value is -1.94. The highest BCUT2D eigenvalue weighted by atomic mass is 32.1. The number of Topliss-reactive ketones (excluding diaryl/α,β-unsaturated/α-hetero) is 2. The standard InChI is InChI=1S/C15H11NO2S/c1-7(17)13-6-11-15(19-13)14-9-3-5-12(18)8(9)2-4-10(14)16-11/h2,4,6,16H,3,5H2,1H3. The van der Waals surface area contributed by atoms with Gasteiger partial charge in [0.15, 0.2) is 11.6 Å². The first-order chi connectivity index (χ1) is 9.15. The quantitative estimate of drug-likeness (QED) is 0.684. The third-order valence-electron chi connectivity index (χ3n) is 3.79. The number of aromatic nitrogens is 1. The summed E-state index contributed by atoms with van der Waals surface area (Å²) in [5.41, 5.74) is 4.06. The van der Waals surface area contributed by atoms with Crippen molar-refractivity contribution in [3.63, 3.8) is 0 Å². The fourth-order valence-electron chi connectivity index (χ4n) is 2.89. The zero-order valence-electron chi connectivity index (χ0n) is 10.4. The summed E-state index contributed by atoms with van der Waals surface area (Å²) in [6, 6.07) is 5.79. The summed E-state index contributed by atoms with van der Waals surface area (Å²) in [4.78, 5) is 27.4. The maximum atomic E-state index is 11.8. The number of fused-ring (bicyclic) bond motifs is 5. The average molecular weight is 269 g/mol. The van der Waals surface area contributed by atoms with Crippen molar-refractivity contribution in [2.45, 2.75) is 19.8 Å². The number of thiophene rings is 1. The second-order valence-corrected chi connectivity index (χ2v) is 6.02. The monoisotopic (exact) mass is 269 g/mol. The van der Waals surface area contributed by atoms with E-state index >= 15 is 0 Å². The number of carbonyl (C=O) groups is 2. The number of hydrogen-bond acceptors (Lipinski definition) is 3. The van der Waals surface area contributed by atoms with E-state index in [1.807, 2.05) is 18.2 Å². The molecule has 0 saturated carbocycles. The molecule has 2 heterocycles. The Bertz CT molecular complexity index is 869. The summed E-state index contributed by atoms with van der Waals surface area (Å²) in [5.74, 6) is 0.320. The zero-order valence-corrected chi connectivity index (χ0v) is 11.2. The first kappa shape index (κ1) is 10.9. The van der Waals surface area contributed by atoms with Gasteiger partial charge in [0.05, 0.1) is 15.1 Å². The molecular weight excluding hydrogens is 258 g/mol. The molecule has 0 bridgehead atoms. The Morgan fingerprint density at radius 2 is 2.11 bits per heavy atom. The molecule has 0 amide bonds. The van der Waals surface area contributed by atoms with Crippen LogP contribution in [0.2, 0.25) is 0 Å². The number of benzene rings is 1. The third-order valence-corrected chi connectivity index (χ3v) is 5.04. The van der Waals surface area contributed by atoms with Gasteiger partial charge in [-0.3, -0.25) is 9.59 Å². The van der Waals surface area contributed by atoms with Crippen molar-refractivity contribution in [2.75, 3.05) is 0 Å². The van der Waals surface area contributed by atoms with Crippen LogP contribution < -0.4 is 0 Å². The zero-order chi connectivity index (χ0) is 13.1. The Morgan fingerprint density at radius 1 is 1.26 bits per heavy atom. The highest BCUT2D eigenvalue weighted by Crippen LogP contribution is 2.38. The lowest BCUT2D eigenvalue weighted by Crippen LogP contribution is -1.90. The van der Waals surface area contributed by atoms with Gasteiger partial charge in [0.2, 0.25) is 0 Å². The molecule has 0 fully saturated rings. The Labute approximate surface area is 113 Å². The number of aryl methyl sites for hydroxylation is 1. The molecule has 4 rings (SSSR count). The Balaban J connectivity index is 2.14. The van der Waals surface area contributed by atoms with E-state index in [0.29, 0.717) is 6.42 Å². The number of carbonyl (C=O) groups excluding carboxylic acids is 2. The van der Waals surface area contributed by atoms with Gasteiger partial charge in [0.25, 0.3) is 0 Å². The molecule has 3 nitrogen and oxygen atoms in total. The van der Waals surface area contributed by atoms with Crippen molar-refractivity contribution < 1.29 is 9.59 Å².